The molecule has 2 aliphatic rings. The Kier molecular flexibility index (Phi) is 6.72. The monoisotopic (exact) mass is 451 g/mol. The van der Waals surface area contributed by atoms with E-state index < -0.39 is 5.54 Å². The third-order valence-corrected chi connectivity index (χ3v) is 7.37. The third-order valence-electron chi connectivity index (χ3n) is 6.92. The summed E-state index contributed by atoms with van der Waals surface area (Å²) in [7, 11) is 0. The van der Waals surface area contributed by atoms with Gasteiger partial charge in [-0.3, -0.25) is 4.90 Å². The van der Waals surface area contributed by atoms with Crippen LogP contribution in [0.5, 0.6) is 0 Å². The van der Waals surface area contributed by atoms with Gasteiger partial charge in [-0.15, -0.1) is 0 Å². The fourth-order valence-electron chi connectivity index (χ4n) is 4.94. The SMILES string of the molecule is CC1=C(NC(C)c2ccccc2)C(C=O)(N2CCC(c3ccc(F)cc3)CC2)CNC1=S. The van der Waals surface area contributed by atoms with Gasteiger partial charge in [-0.05, 0) is 55.9 Å². The molecule has 2 unspecified atom stereocenters. The van der Waals surface area contributed by atoms with Crippen LogP contribution in [-0.2, 0) is 4.79 Å². The number of carbonyl (C=O) groups is 1. The minimum Gasteiger partial charge on any atom is -0.380 e. The zero-order valence-corrected chi connectivity index (χ0v) is 19.4. The van der Waals surface area contributed by atoms with E-state index in [9.17, 15) is 9.18 Å². The lowest BCUT2D eigenvalue weighted by molar-refractivity contribution is -0.117. The van der Waals surface area contributed by atoms with Gasteiger partial charge in [0.2, 0.25) is 0 Å². The van der Waals surface area contributed by atoms with Gasteiger partial charge in [0.15, 0.2) is 0 Å². The molecule has 0 aromatic heterocycles. The molecule has 2 aliphatic heterocycles. The van der Waals surface area contributed by atoms with Crippen LogP contribution >= 0.6 is 12.2 Å². The molecule has 2 aromatic carbocycles. The Balaban J connectivity index is 1.57. The second-order valence-electron chi connectivity index (χ2n) is 8.81. The fourth-order valence-corrected chi connectivity index (χ4v) is 5.12. The van der Waals surface area contributed by atoms with Crippen molar-refractivity contribution in [1.29, 1.82) is 0 Å². The van der Waals surface area contributed by atoms with Gasteiger partial charge >= 0.3 is 0 Å². The van der Waals surface area contributed by atoms with E-state index in [0.29, 0.717) is 17.5 Å². The Bertz CT molecular complexity index is 999. The zero-order chi connectivity index (χ0) is 22.7. The number of carbonyl (C=O) groups excluding carboxylic acids is 1. The first-order valence-corrected chi connectivity index (χ1v) is 11.6. The molecule has 1 saturated heterocycles. The predicted molar refractivity (Wildman–Crippen MR) is 130 cm³/mol. The maximum absolute atomic E-state index is 13.3. The van der Waals surface area contributed by atoms with Crippen molar-refractivity contribution in [3.8, 4) is 0 Å². The van der Waals surface area contributed by atoms with E-state index in [-0.39, 0.29) is 11.9 Å². The van der Waals surface area contributed by atoms with Crippen molar-refractivity contribution in [1.82, 2.24) is 15.5 Å². The van der Waals surface area contributed by atoms with Crippen molar-refractivity contribution < 1.29 is 9.18 Å². The van der Waals surface area contributed by atoms with Crippen LogP contribution in [-0.4, -0.2) is 41.3 Å². The molecule has 1 fully saturated rings. The highest BCUT2D eigenvalue weighted by atomic mass is 32.1. The third kappa shape index (κ3) is 4.34. The quantitative estimate of drug-likeness (QED) is 0.500. The number of rotatable bonds is 6. The van der Waals surface area contributed by atoms with E-state index in [1.54, 1.807) is 0 Å². The average molecular weight is 452 g/mol. The Morgan fingerprint density at radius 3 is 2.44 bits per heavy atom. The van der Waals surface area contributed by atoms with Gasteiger partial charge in [-0.25, -0.2) is 4.39 Å². The summed E-state index contributed by atoms with van der Waals surface area (Å²) in [6.07, 6.45) is 2.92. The number of halogens is 1. The van der Waals surface area contributed by atoms with Gasteiger partial charge in [-0.1, -0.05) is 54.7 Å². The Morgan fingerprint density at radius 2 is 1.81 bits per heavy atom. The lowest BCUT2D eigenvalue weighted by atomic mass is 9.82. The summed E-state index contributed by atoms with van der Waals surface area (Å²) in [5.41, 5.74) is 3.35. The molecule has 0 bridgehead atoms. The highest BCUT2D eigenvalue weighted by Crippen LogP contribution is 2.36. The molecule has 4 nitrogen and oxygen atoms in total. The van der Waals surface area contributed by atoms with Crippen molar-refractivity contribution in [3.05, 3.63) is 82.8 Å². The van der Waals surface area contributed by atoms with E-state index in [1.807, 2.05) is 37.3 Å². The standard InChI is InChI=1S/C26H30FN3OS/c1-18-24(29-19(2)20-6-4-3-5-7-20)26(17-31,16-28-25(18)32)30-14-12-22(13-15-30)21-8-10-23(27)11-9-21/h3-11,17,19,22,29H,12-16H2,1-2H3,(H,28,32). The summed E-state index contributed by atoms with van der Waals surface area (Å²) in [5.74, 6) is 0.164. The minimum absolute atomic E-state index is 0.0399. The molecule has 0 aliphatic carbocycles. The van der Waals surface area contributed by atoms with Gasteiger partial charge in [-0.2, -0.15) is 0 Å². The van der Waals surface area contributed by atoms with Crippen LogP contribution in [0.15, 0.2) is 65.9 Å². The summed E-state index contributed by atoms with van der Waals surface area (Å²) in [6.45, 7) is 6.12. The summed E-state index contributed by atoms with van der Waals surface area (Å²) < 4.78 is 13.3. The molecule has 6 heteroatoms. The maximum atomic E-state index is 13.3. The van der Waals surface area contributed by atoms with Crippen molar-refractivity contribution in [2.75, 3.05) is 19.6 Å². The molecule has 32 heavy (non-hydrogen) atoms. The topological polar surface area (TPSA) is 44.4 Å². The Labute approximate surface area is 194 Å². The van der Waals surface area contributed by atoms with Crippen LogP contribution in [0.4, 0.5) is 4.39 Å². The normalized spacial score (nSPS) is 23.5. The molecule has 4 rings (SSSR count). The van der Waals surface area contributed by atoms with Gasteiger partial charge in [0.1, 0.15) is 22.6 Å². The number of nitrogens with zero attached hydrogens (tertiary/aromatic N) is 1. The lowest BCUT2D eigenvalue weighted by Crippen LogP contribution is -2.65. The van der Waals surface area contributed by atoms with Gasteiger partial charge in [0.25, 0.3) is 0 Å². The number of benzene rings is 2. The molecular weight excluding hydrogens is 421 g/mol. The number of hydrogen-bond acceptors (Lipinski definition) is 4. The Hall–Kier alpha value is -2.57. The molecule has 2 N–H and O–H groups in total. The summed E-state index contributed by atoms with van der Waals surface area (Å²) in [6, 6.07) is 17.1. The first-order valence-electron chi connectivity index (χ1n) is 11.2. The van der Waals surface area contributed by atoms with Crippen LogP contribution in [0, 0.1) is 5.82 Å². The summed E-state index contributed by atoms with van der Waals surface area (Å²) >= 11 is 5.55. The minimum atomic E-state index is -0.788. The number of piperidine rings is 1. The second-order valence-corrected chi connectivity index (χ2v) is 9.22. The molecule has 0 saturated carbocycles. The van der Waals surface area contributed by atoms with Crippen molar-refractivity contribution >= 4 is 23.5 Å². The van der Waals surface area contributed by atoms with Crippen LogP contribution in [0.1, 0.15) is 49.8 Å². The zero-order valence-electron chi connectivity index (χ0n) is 18.6. The Morgan fingerprint density at radius 1 is 1.16 bits per heavy atom. The van der Waals surface area contributed by atoms with Crippen molar-refractivity contribution in [2.24, 2.45) is 0 Å². The fraction of sp³-hybridized carbons (Fsp3) is 0.385. The lowest BCUT2D eigenvalue weighted by Gasteiger charge is -2.48. The van der Waals surface area contributed by atoms with Crippen LogP contribution in [0.2, 0.25) is 0 Å². The van der Waals surface area contributed by atoms with E-state index in [2.05, 4.69) is 34.6 Å². The summed E-state index contributed by atoms with van der Waals surface area (Å²) in [4.78, 5) is 15.7. The van der Waals surface area contributed by atoms with E-state index in [0.717, 1.165) is 54.6 Å². The molecule has 2 aromatic rings. The number of thiocarbonyl (C=S) groups is 1. The number of nitrogens with one attached hydrogen (secondary N) is 2. The number of hydrogen-bond donors (Lipinski definition) is 2. The van der Waals surface area contributed by atoms with Crippen LogP contribution < -0.4 is 10.6 Å². The van der Waals surface area contributed by atoms with E-state index in [4.69, 9.17) is 12.2 Å². The first kappa shape index (κ1) is 22.6. The van der Waals surface area contributed by atoms with Gasteiger partial charge < -0.3 is 15.4 Å². The summed E-state index contributed by atoms with van der Waals surface area (Å²) in [5, 5.41) is 6.92. The maximum Gasteiger partial charge on any atom is 0.148 e. The molecule has 0 spiro atoms. The van der Waals surface area contributed by atoms with E-state index in [1.165, 1.54) is 12.1 Å². The van der Waals surface area contributed by atoms with E-state index >= 15 is 0 Å². The number of likely N-dealkylation sites (tertiary alicyclic amines) is 1. The molecule has 168 valence electrons. The highest BCUT2D eigenvalue weighted by Gasteiger charge is 2.46. The first-order chi connectivity index (χ1) is 15.4. The van der Waals surface area contributed by atoms with Crippen molar-refractivity contribution in [2.45, 2.75) is 44.2 Å². The second kappa shape index (κ2) is 9.51. The van der Waals surface area contributed by atoms with Crippen LogP contribution in [0.3, 0.4) is 0 Å². The predicted octanol–water partition coefficient (Wildman–Crippen LogP) is 4.50. The van der Waals surface area contributed by atoms with Crippen molar-refractivity contribution in [3.63, 3.8) is 0 Å². The largest absolute Gasteiger partial charge is 0.380 e. The molecule has 2 heterocycles. The van der Waals surface area contributed by atoms with Gasteiger partial charge in [0, 0.05) is 36.9 Å². The molecular formula is C26H30FN3OS. The highest BCUT2D eigenvalue weighted by molar-refractivity contribution is 7.80. The molecule has 0 radical (unpaired) electrons. The molecule has 0 amide bonds. The number of aldehydes is 1. The smallest absolute Gasteiger partial charge is 0.148 e. The average Bonchev–Trinajstić information content (AvgIpc) is 2.84. The molecule has 2 atom stereocenters. The van der Waals surface area contributed by atoms with Crippen LogP contribution in [0.25, 0.3) is 0 Å². The van der Waals surface area contributed by atoms with Gasteiger partial charge in [0.05, 0.1) is 0 Å².